The molecule has 1 spiro atoms. The number of aliphatic hydroxyl groups is 1. The summed E-state index contributed by atoms with van der Waals surface area (Å²) in [5, 5.41) is 20.7. The van der Waals surface area contributed by atoms with E-state index in [1.165, 1.54) is 0 Å². The molecule has 2 fully saturated rings. The zero-order valence-electron chi connectivity index (χ0n) is 25.0. The van der Waals surface area contributed by atoms with E-state index in [2.05, 4.69) is 31.6 Å². The molecule has 14 heteroatoms. The quantitative estimate of drug-likeness (QED) is 0.252. The van der Waals surface area contributed by atoms with Gasteiger partial charge in [0.05, 0.1) is 18.0 Å². The van der Waals surface area contributed by atoms with Crippen LogP contribution in [0.15, 0.2) is 47.0 Å². The molecule has 1 aromatic carbocycles. The van der Waals surface area contributed by atoms with E-state index in [1.807, 2.05) is 36.4 Å². The number of aromatic nitrogens is 3. The molecule has 0 radical (unpaired) electrons. The van der Waals surface area contributed by atoms with Gasteiger partial charge >= 0.3 is 5.97 Å². The summed E-state index contributed by atoms with van der Waals surface area (Å²) in [5.74, 6) is -3.45. The summed E-state index contributed by atoms with van der Waals surface area (Å²) in [5.41, 5.74) is 0.0274. The van der Waals surface area contributed by atoms with Crippen LogP contribution in [0.4, 0.5) is 0 Å². The van der Waals surface area contributed by atoms with Crippen molar-refractivity contribution in [1.82, 2.24) is 30.1 Å². The van der Waals surface area contributed by atoms with Gasteiger partial charge < -0.3 is 29.7 Å². The third-order valence-corrected chi connectivity index (χ3v) is 9.64. The minimum atomic E-state index is -1.39. The van der Waals surface area contributed by atoms with Crippen LogP contribution < -0.4 is 5.32 Å². The molecule has 0 unspecified atom stereocenters. The highest BCUT2D eigenvalue weighted by atomic mass is 79.9. The molecule has 13 nitrogen and oxygen atoms in total. The van der Waals surface area contributed by atoms with Crippen molar-refractivity contribution in [3.05, 3.63) is 47.0 Å². The molecular weight excluding hydrogens is 648 g/mol. The van der Waals surface area contributed by atoms with E-state index in [9.17, 15) is 24.3 Å². The van der Waals surface area contributed by atoms with Crippen LogP contribution in [-0.2, 0) is 35.3 Å². The molecule has 0 saturated carbocycles. The van der Waals surface area contributed by atoms with E-state index in [1.54, 1.807) is 27.5 Å². The standard InChI is InChI=1S/C31H37BrN6O7/c1-19-17-33-23(40)12-4-2-7-13-36(18-38-22-11-6-5-10-21(22)34-35-38)29(42)27-31-16-20(32)26(45-31)24(30(43)44-19)25(31)28(41)37(27)14-8-3-9-15-39/h2,5-7,10-11,16,19,24-27,39H,3-4,8-9,12-15,17-18H2,1H3,(H,33,40)/b7-2-/t19-,24+,25-,26+,27+,31-/m1/s1. The molecule has 2 saturated heterocycles. The number of amides is 3. The molecular formula is C31H37BrN6O7. The van der Waals surface area contributed by atoms with E-state index >= 15 is 0 Å². The van der Waals surface area contributed by atoms with Crippen LogP contribution in [0.1, 0.15) is 39.0 Å². The average Bonchev–Trinajstić information content (AvgIpc) is 3.74. The number of nitrogens with one attached hydrogen (secondary N) is 1. The fourth-order valence-corrected chi connectivity index (χ4v) is 7.59. The van der Waals surface area contributed by atoms with E-state index in [-0.39, 0.29) is 57.1 Å². The first-order valence-corrected chi connectivity index (χ1v) is 16.2. The Morgan fingerprint density at radius 3 is 2.76 bits per heavy atom. The Hall–Kier alpha value is -3.62. The van der Waals surface area contributed by atoms with Crippen LogP contribution >= 0.6 is 15.9 Å². The summed E-state index contributed by atoms with van der Waals surface area (Å²) in [6.45, 7) is 2.32. The van der Waals surface area contributed by atoms with E-state index in [0.29, 0.717) is 35.7 Å². The maximum atomic E-state index is 14.8. The fourth-order valence-electron chi connectivity index (χ4n) is 6.85. The number of nitrogens with zero attached hydrogens (tertiary/aromatic N) is 5. The third-order valence-electron chi connectivity index (χ3n) is 8.96. The Morgan fingerprint density at radius 1 is 1.11 bits per heavy atom. The smallest absolute Gasteiger partial charge is 0.313 e. The van der Waals surface area contributed by atoms with E-state index in [0.717, 1.165) is 5.52 Å². The second kappa shape index (κ2) is 13.0. The van der Waals surface area contributed by atoms with E-state index < -0.39 is 41.7 Å². The second-order valence-corrected chi connectivity index (χ2v) is 12.9. The lowest BCUT2D eigenvalue weighted by molar-refractivity contribution is -0.158. The van der Waals surface area contributed by atoms with Crippen molar-refractivity contribution in [3.63, 3.8) is 0 Å². The summed E-state index contributed by atoms with van der Waals surface area (Å²) in [6, 6.07) is 6.38. The van der Waals surface area contributed by atoms with Crippen molar-refractivity contribution >= 4 is 50.7 Å². The summed E-state index contributed by atoms with van der Waals surface area (Å²) in [7, 11) is 0. The molecule has 45 heavy (non-hydrogen) atoms. The van der Waals surface area contributed by atoms with Crippen LogP contribution in [0.5, 0.6) is 0 Å². The Balaban J connectivity index is 1.41. The molecule has 4 aliphatic rings. The number of carbonyl (C=O) groups is 4. The monoisotopic (exact) mass is 684 g/mol. The lowest BCUT2D eigenvalue weighted by Crippen LogP contribution is -2.56. The number of unbranched alkanes of at least 4 members (excludes halogenated alkanes) is 2. The highest BCUT2D eigenvalue weighted by Gasteiger charge is 2.74. The molecule has 5 heterocycles. The normalized spacial score (nSPS) is 31.3. The molecule has 6 rings (SSSR count). The summed E-state index contributed by atoms with van der Waals surface area (Å²) in [4.78, 5) is 58.3. The number of esters is 1. The van der Waals surface area contributed by atoms with Gasteiger partial charge in [-0.05, 0) is 50.8 Å². The van der Waals surface area contributed by atoms with Crippen molar-refractivity contribution in [2.45, 2.75) is 69.5 Å². The van der Waals surface area contributed by atoms with Gasteiger partial charge in [0.15, 0.2) is 0 Å². The second-order valence-electron chi connectivity index (χ2n) is 12.0. The number of likely N-dealkylation sites (tertiary alicyclic amines) is 1. The molecule has 1 aromatic heterocycles. The summed E-state index contributed by atoms with van der Waals surface area (Å²) in [6.07, 6.45) is 6.50. The van der Waals surface area contributed by atoms with Crippen molar-refractivity contribution in [3.8, 4) is 0 Å². The maximum absolute atomic E-state index is 14.8. The third kappa shape index (κ3) is 5.79. The number of cyclic esters (lactones) is 1. The van der Waals surface area contributed by atoms with Gasteiger partial charge in [0.25, 0.3) is 5.91 Å². The largest absolute Gasteiger partial charge is 0.460 e. The predicted octanol–water partition coefficient (Wildman–Crippen LogP) is 1.65. The molecule has 2 aromatic rings. The van der Waals surface area contributed by atoms with Crippen molar-refractivity contribution in [2.24, 2.45) is 11.8 Å². The first kappa shape index (κ1) is 31.4. The van der Waals surface area contributed by atoms with Crippen LogP contribution in [-0.4, -0.2) is 104 Å². The molecule has 2 N–H and O–H groups in total. The van der Waals surface area contributed by atoms with Gasteiger partial charge in [-0.25, -0.2) is 4.68 Å². The van der Waals surface area contributed by atoms with Crippen molar-refractivity contribution in [2.75, 3.05) is 26.2 Å². The van der Waals surface area contributed by atoms with Crippen LogP contribution in [0.2, 0.25) is 0 Å². The molecule has 3 amide bonds. The fraction of sp³-hybridized carbons (Fsp3) is 0.548. The van der Waals surface area contributed by atoms with Crippen molar-refractivity contribution in [1.29, 1.82) is 0 Å². The lowest BCUT2D eigenvalue weighted by Gasteiger charge is -2.35. The lowest BCUT2D eigenvalue weighted by atomic mass is 9.74. The number of halogens is 1. The minimum Gasteiger partial charge on any atom is -0.460 e. The van der Waals surface area contributed by atoms with Gasteiger partial charge in [0.1, 0.15) is 42.0 Å². The van der Waals surface area contributed by atoms with Crippen LogP contribution in [0.3, 0.4) is 0 Å². The summed E-state index contributed by atoms with van der Waals surface area (Å²) < 4.78 is 14.5. The van der Waals surface area contributed by atoms with Gasteiger partial charge in [0.2, 0.25) is 11.8 Å². The number of benzene rings is 1. The molecule has 4 aliphatic heterocycles. The number of hydrogen-bond donors (Lipinski definition) is 2. The minimum absolute atomic E-state index is 0.0296. The first-order chi connectivity index (χ1) is 21.7. The Morgan fingerprint density at radius 2 is 1.93 bits per heavy atom. The number of hydrogen-bond acceptors (Lipinski definition) is 9. The van der Waals surface area contributed by atoms with Crippen molar-refractivity contribution < 1.29 is 33.8 Å². The highest BCUT2D eigenvalue weighted by Crippen LogP contribution is 2.59. The maximum Gasteiger partial charge on any atom is 0.313 e. The number of para-hydroxylation sites is 1. The molecule has 240 valence electrons. The van der Waals surface area contributed by atoms with E-state index in [4.69, 9.17) is 9.47 Å². The van der Waals surface area contributed by atoms with Gasteiger partial charge in [0, 0.05) is 30.6 Å². The Bertz CT molecular complexity index is 1540. The van der Waals surface area contributed by atoms with Crippen LogP contribution in [0, 0.1) is 11.8 Å². The number of carbonyl (C=O) groups excluding carboxylic acids is 4. The van der Waals surface area contributed by atoms with Gasteiger partial charge in [-0.3, -0.25) is 19.2 Å². The first-order valence-electron chi connectivity index (χ1n) is 15.4. The molecule has 0 aliphatic carbocycles. The Kier molecular flexibility index (Phi) is 9.07. The van der Waals surface area contributed by atoms with Gasteiger partial charge in [-0.1, -0.05) is 45.4 Å². The molecule has 5 bridgehead atoms. The molecule has 6 atom stereocenters. The average molecular weight is 686 g/mol. The number of ether oxygens (including phenoxy) is 2. The zero-order chi connectivity index (χ0) is 31.7. The highest BCUT2D eigenvalue weighted by molar-refractivity contribution is 9.11. The predicted molar refractivity (Wildman–Crippen MR) is 164 cm³/mol. The van der Waals surface area contributed by atoms with Gasteiger partial charge in [-0.15, -0.1) is 5.10 Å². The topological polar surface area (TPSA) is 156 Å². The summed E-state index contributed by atoms with van der Waals surface area (Å²) >= 11 is 3.56. The Labute approximate surface area is 268 Å². The van der Waals surface area contributed by atoms with Gasteiger partial charge in [-0.2, -0.15) is 0 Å². The number of aliphatic hydroxyl groups excluding tert-OH is 1. The number of fused-ring (bicyclic) bond motifs is 3. The number of rotatable bonds is 7. The SMILES string of the molecule is C[C@@H]1CNC(=O)CC/C=C\CN(Cn2nnc3ccccc32)C(=O)[C@@H]2N(CCCCCO)C(=O)[C@H]3[C@H](C(=O)O1)[C@H]1O[C@@]23C=C1Br. The van der Waals surface area contributed by atoms with Crippen LogP contribution in [0.25, 0.3) is 11.0 Å². The number of allylic oxidation sites excluding steroid dienone is 1. The zero-order valence-corrected chi connectivity index (χ0v) is 26.6.